The van der Waals surface area contributed by atoms with Crippen LogP contribution in [0, 0.1) is 13.8 Å². The van der Waals surface area contributed by atoms with E-state index in [9.17, 15) is 9.90 Å². The maximum absolute atomic E-state index is 10.9. The van der Waals surface area contributed by atoms with Gasteiger partial charge in [0, 0.05) is 17.6 Å². The molecule has 0 aliphatic carbocycles. The summed E-state index contributed by atoms with van der Waals surface area (Å²) in [4.78, 5) is 10.9. The first-order valence-electron chi connectivity index (χ1n) is 5.59. The molecule has 2 rings (SSSR count). The molecule has 100 valence electrons. The Hall–Kier alpha value is -2.01. The lowest BCUT2D eigenvalue weighted by molar-refractivity contribution is 0.0689. The van der Waals surface area contributed by atoms with Gasteiger partial charge in [0.1, 0.15) is 5.75 Å². The summed E-state index contributed by atoms with van der Waals surface area (Å²) in [6, 6.07) is 3.09. The molecule has 1 aromatic heterocycles. The summed E-state index contributed by atoms with van der Waals surface area (Å²) in [7, 11) is 1.62. The zero-order valence-corrected chi connectivity index (χ0v) is 11.5. The lowest BCUT2D eigenvalue weighted by Crippen LogP contribution is -2.00. The van der Waals surface area contributed by atoms with Crippen LogP contribution in [0.3, 0.4) is 0 Å². The van der Waals surface area contributed by atoms with Gasteiger partial charge < -0.3 is 10.2 Å². The largest absolute Gasteiger partial charge is 0.507 e. The van der Waals surface area contributed by atoms with Crippen molar-refractivity contribution in [1.29, 1.82) is 0 Å². The average molecular weight is 281 g/mol. The highest BCUT2D eigenvalue weighted by molar-refractivity contribution is 6.32. The molecule has 0 spiro atoms. The van der Waals surface area contributed by atoms with Crippen molar-refractivity contribution in [2.45, 2.75) is 13.8 Å². The smallest absolute Gasteiger partial charge is 0.356 e. The third-order valence-electron chi connectivity index (χ3n) is 3.04. The number of carboxylic acid groups (broad SMARTS) is 1. The van der Waals surface area contributed by atoms with Crippen LogP contribution >= 0.6 is 11.6 Å². The number of phenolic OH excluding ortho intramolecular Hbond substituents is 1. The Morgan fingerprint density at radius 1 is 1.37 bits per heavy atom. The van der Waals surface area contributed by atoms with Gasteiger partial charge in [0.15, 0.2) is 5.69 Å². The van der Waals surface area contributed by atoms with Crippen molar-refractivity contribution in [2.24, 2.45) is 7.05 Å². The molecule has 6 heteroatoms. The number of aromatic nitrogens is 2. The van der Waals surface area contributed by atoms with E-state index in [4.69, 9.17) is 16.7 Å². The summed E-state index contributed by atoms with van der Waals surface area (Å²) in [6.45, 7) is 3.50. The molecule has 0 saturated heterocycles. The fraction of sp³-hybridized carbons (Fsp3) is 0.231. The molecule has 0 atom stereocenters. The molecule has 2 N–H and O–H groups in total. The normalized spacial score (nSPS) is 10.7. The van der Waals surface area contributed by atoms with E-state index in [2.05, 4.69) is 5.10 Å². The Morgan fingerprint density at radius 3 is 2.53 bits per heavy atom. The average Bonchev–Trinajstić information content (AvgIpc) is 2.70. The summed E-state index contributed by atoms with van der Waals surface area (Å²) in [5.41, 5.74) is 2.26. The SMILES string of the molecule is Cc1cc(Cl)c(C)c(-c2cc(C(=O)O)nn2C)c1O. The van der Waals surface area contributed by atoms with Crippen LogP contribution in [-0.2, 0) is 7.05 Å². The van der Waals surface area contributed by atoms with Gasteiger partial charge >= 0.3 is 5.97 Å². The van der Waals surface area contributed by atoms with Crippen molar-refractivity contribution in [2.75, 3.05) is 0 Å². The van der Waals surface area contributed by atoms with Crippen LogP contribution in [0.1, 0.15) is 21.6 Å². The summed E-state index contributed by atoms with van der Waals surface area (Å²) in [6.07, 6.45) is 0. The maximum Gasteiger partial charge on any atom is 0.356 e. The van der Waals surface area contributed by atoms with E-state index in [1.54, 1.807) is 27.0 Å². The highest BCUT2D eigenvalue weighted by Crippen LogP contribution is 2.38. The molecule has 0 aliphatic rings. The number of aryl methyl sites for hydroxylation is 2. The number of phenols is 1. The Labute approximate surface area is 115 Å². The molecule has 0 unspecified atom stereocenters. The van der Waals surface area contributed by atoms with Gasteiger partial charge in [-0.3, -0.25) is 4.68 Å². The van der Waals surface area contributed by atoms with Gasteiger partial charge in [-0.15, -0.1) is 0 Å². The molecule has 0 saturated carbocycles. The quantitative estimate of drug-likeness (QED) is 0.887. The number of carboxylic acids is 1. The van der Waals surface area contributed by atoms with E-state index in [1.807, 2.05) is 0 Å². The molecule has 0 radical (unpaired) electrons. The number of aromatic hydroxyl groups is 1. The van der Waals surface area contributed by atoms with Crippen molar-refractivity contribution in [1.82, 2.24) is 9.78 Å². The Kier molecular flexibility index (Phi) is 3.24. The third-order valence-corrected chi connectivity index (χ3v) is 3.43. The van der Waals surface area contributed by atoms with Crippen LogP contribution in [0.25, 0.3) is 11.3 Å². The second-order valence-electron chi connectivity index (χ2n) is 4.37. The van der Waals surface area contributed by atoms with Crippen molar-refractivity contribution >= 4 is 17.6 Å². The van der Waals surface area contributed by atoms with Gasteiger partial charge in [-0.25, -0.2) is 4.79 Å². The molecule has 0 amide bonds. The lowest BCUT2D eigenvalue weighted by atomic mass is 10.0. The first kappa shape index (κ1) is 13.4. The molecule has 19 heavy (non-hydrogen) atoms. The number of halogens is 1. The fourth-order valence-electron chi connectivity index (χ4n) is 1.98. The topological polar surface area (TPSA) is 75.3 Å². The van der Waals surface area contributed by atoms with Crippen molar-refractivity contribution < 1.29 is 15.0 Å². The Bertz CT molecular complexity index is 651. The molecule has 0 fully saturated rings. The van der Waals surface area contributed by atoms with E-state index in [0.29, 0.717) is 27.4 Å². The number of benzene rings is 1. The molecule has 0 aliphatic heterocycles. The zero-order valence-electron chi connectivity index (χ0n) is 10.7. The summed E-state index contributed by atoms with van der Waals surface area (Å²) < 4.78 is 1.42. The molecule has 1 heterocycles. The Balaban J connectivity index is 2.75. The second kappa shape index (κ2) is 4.59. The van der Waals surface area contributed by atoms with E-state index >= 15 is 0 Å². The zero-order chi connectivity index (χ0) is 14.3. The first-order valence-corrected chi connectivity index (χ1v) is 5.97. The highest BCUT2D eigenvalue weighted by atomic mass is 35.5. The number of nitrogens with zero attached hydrogens (tertiary/aromatic N) is 2. The minimum absolute atomic E-state index is 0.0751. The Morgan fingerprint density at radius 2 is 2.00 bits per heavy atom. The van der Waals surface area contributed by atoms with E-state index in [0.717, 1.165) is 0 Å². The third kappa shape index (κ3) is 2.17. The lowest BCUT2D eigenvalue weighted by Gasteiger charge is -2.12. The van der Waals surface area contributed by atoms with Gasteiger partial charge in [0.25, 0.3) is 0 Å². The van der Waals surface area contributed by atoms with Crippen LogP contribution in [0.4, 0.5) is 0 Å². The van der Waals surface area contributed by atoms with Gasteiger partial charge in [-0.05, 0) is 37.1 Å². The van der Waals surface area contributed by atoms with Crippen LogP contribution < -0.4 is 0 Å². The minimum atomic E-state index is -1.11. The first-order chi connectivity index (χ1) is 8.82. The molecular formula is C13H13ClN2O3. The van der Waals surface area contributed by atoms with Gasteiger partial charge in [0.2, 0.25) is 0 Å². The summed E-state index contributed by atoms with van der Waals surface area (Å²) in [5.74, 6) is -1.03. The highest BCUT2D eigenvalue weighted by Gasteiger charge is 2.19. The van der Waals surface area contributed by atoms with Gasteiger partial charge in [0.05, 0.1) is 5.69 Å². The molecule has 0 bridgehead atoms. The predicted octanol–water partition coefficient (Wildman–Crippen LogP) is 2.76. The van der Waals surface area contributed by atoms with Crippen LogP contribution in [0.2, 0.25) is 5.02 Å². The van der Waals surface area contributed by atoms with Crippen LogP contribution in [0.15, 0.2) is 12.1 Å². The predicted molar refractivity (Wildman–Crippen MR) is 71.8 cm³/mol. The van der Waals surface area contributed by atoms with Crippen molar-refractivity contribution in [3.8, 4) is 17.0 Å². The molecular weight excluding hydrogens is 268 g/mol. The number of hydrogen-bond acceptors (Lipinski definition) is 3. The van der Waals surface area contributed by atoms with E-state index < -0.39 is 5.97 Å². The minimum Gasteiger partial charge on any atom is -0.507 e. The van der Waals surface area contributed by atoms with E-state index in [-0.39, 0.29) is 11.4 Å². The number of rotatable bonds is 2. The van der Waals surface area contributed by atoms with Gasteiger partial charge in [-0.2, -0.15) is 5.10 Å². The van der Waals surface area contributed by atoms with E-state index in [1.165, 1.54) is 10.7 Å². The maximum atomic E-state index is 10.9. The second-order valence-corrected chi connectivity index (χ2v) is 4.77. The number of hydrogen-bond donors (Lipinski definition) is 2. The molecule has 2 aromatic rings. The van der Waals surface area contributed by atoms with Gasteiger partial charge in [-0.1, -0.05) is 11.6 Å². The summed E-state index contributed by atoms with van der Waals surface area (Å²) in [5, 5.41) is 23.5. The standard InChI is InChI=1S/C13H13ClN2O3/c1-6-4-8(14)7(2)11(12(6)17)10-5-9(13(18)19)15-16(10)3/h4-5,17H,1-3H3,(H,18,19). The van der Waals surface area contributed by atoms with Crippen LogP contribution in [0.5, 0.6) is 5.75 Å². The van der Waals surface area contributed by atoms with Crippen LogP contribution in [-0.4, -0.2) is 26.0 Å². The molecule has 1 aromatic carbocycles. The monoisotopic (exact) mass is 280 g/mol. The molecule has 5 nitrogen and oxygen atoms in total. The van der Waals surface area contributed by atoms with Crippen molar-refractivity contribution in [3.63, 3.8) is 0 Å². The number of aromatic carboxylic acids is 1. The fourth-order valence-corrected chi connectivity index (χ4v) is 2.24. The summed E-state index contributed by atoms with van der Waals surface area (Å²) >= 11 is 6.11. The van der Waals surface area contributed by atoms with Crippen molar-refractivity contribution in [3.05, 3.63) is 34.0 Å². The number of carbonyl (C=O) groups is 1.